The summed E-state index contributed by atoms with van der Waals surface area (Å²) >= 11 is 0. The zero-order valence-electron chi connectivity index (χ0n) is 15.5. The minimum Gasteiger partial charge on any atom is -0.342 e. The van der Waals surface area contributed by atoms with Gasteiger partial charge >= 0.3 is 0 Å². The van der Waals surface area contributed by atoms with E-state index >= 15 is 0 Å². The van der Waals surface area contributed by atoms with Crippen molar-refractivity contribution >= 4 is 17.5 Å². The zero-order chi connectivity index (χ0) is 17.9. The number of para-hydroxylation sites is 1. The third kappa shape index (κ3) is 3.63. The number of aryl methyl sites for hydroxylation is 1. The summed E-state index contributed by atoms with van der Waals surface area (Å²) in [7, 11) is 0. The van der Waals surface area contributed by atoms with E-state index in [1.807, 2.05) is 15.9 Å². The Balaban J connectivity index is 1.31. The number of carbonyl (C=O) groups excluding carboxylic acids is 2. The Morgan fingerprint density at radius 3 is 2.42 bits per heavy atom. The predicted octanol–water partition coefficient (Wildman–Crippen LogP) is 2.30. The average molecular weight is 355 g/mol. The van der Waals surface area contributed by atoms with Crippen molar-refractivity contribution in [2.75, 3.05) is 44.2 Å². The van der Waals surface area contributed by atoms with E-state index in [0.29, 0.717) is 12.5 Å². The molecule has 0 atom stereocenters. The highest BCUT2D eigenvalue weighted by atomic mass is 16.2. The molecule has 0 aliphatic carbocycles. The number of nitrogens with zero attached hydrogens (tertiary/aromatic N) is 3. The number of benzene rings is 1. The number of fused-ring (bicyclic) bond motifs is 1. The summed E-state index contributed by atoms with van der Waals surface area (Å²) in [5.41, 5.74) is 2.37. The maximum atomic E-state index is 12.9. The third-order valence-electron chi connectivity index (χ3n) is 6.12. The summed E-state index contributed by atoms with van der Waals surface area (Å²) in [5, 5.41) is 0. The van der Waals surface area contributed by atoms with Crippen molar-refractivity contribution in [2.45, 2.75) is 38.5 Å². The molecule has 0 N–H and O–H groups in total. The smallest absolute Gasteiger partial charge is 0.241 e. The Bertz CT molecular complexity index is 661. The molecule has 3 aliphatic heterocycles. The number of anilines is 1. The Hall–Kier alpha value is -1.88. The van der Waals surface area contributed by atoms with Crippen molar-refractivity contribution in [1.29, 1.82) is 0 Å². The summed E-state index contributed by atoms with van der Waals surface area (Å²) in [6.45, 7) is 4.87. The van der Waals surface area contributed by atoms with Gasteiger partial charge in [-0.25, -0.2) is 0 Å². The van der Waals surface area contributed by atoms with Gasteiger partial charge in [-0.2, -0.15) is 0 Å². The van der Waals surface area contributed by atoms with Crippen molar-refractivity contribution in [1.82, 2.24) is 9.80 Å². The molecular weight excluding hydrogens is 326 g/mol. The zero-order valence-corrected chi connectivity index (χ0v) is 15.5. The fourth-order valence-electron chi connectivity index (χ4n) is 4.60. The van der Waals surface area contributed by atoms with Crippen molar-refractivity contribution < 1.29 is 9.59 Å². The van der Waals surface area contributed by atoms with Crippen LogP contribution in [0.25, 0.3) is 0 Å². The first-order valence-corrected chi connectivity index (χ1v) is 10.1. The highest BCUT2D eigenvalue weighted by molar-refractivity contribution is 5.96. The van der Waals surface area contributed by atoms with Crippen LogP contribution >= 0.6 is 0 Å². The molecule has 5 nitrogen and oxygen atoms in total. The molecule has 2 amide bonds. The van der Waals surface area contributed by atoms with Gasteiger partial charge in [0.05, 0.1) is 6.54 Å². The Kier molecular flexibility index (Phi) is 5.25. The van der Waals surface area contributed by atoms with Gasteiger partial charge in [-0.05, 0) is 63.2 Å². The van der Waals surface area contributed by atoms with Crippen LogP contribution in [-0.2, 0) is 16.0 Å². The largest absolute Gasteiger partial charge is 0.342 e. The molecule has 0 spiro atoms. The first-order chi connectivity index (χ1) is 12.7. The summed E-state index contributed by atoms with van der Waals surface area (Å²) in [6, 6.07) is 8.26. The molecular formula is C21H29N3O2. The molecule has 0 radical (unpaired) electrons. The van der Waals surface area contributed by atoms with Crippen LogP contribution in [0.2, 0.25) is 0 Å². The third-order valence-corrected chi connectivity index (χ3v) is 6.12. The molecule has 2 saturated heterocycles. The van der Waals surface area contributed by atoms with E-state index in [2.05, 4.69) is 23.1 Å². The highest BCUT2D eigenvalue weighted by Gasteiger charge is 2.31. The van der Waals surface area contributed by atoms with E-state index in [1.54, 1.807) is 0 Å². The Labute approximate surface area is 155 Å². The lowest BCUT2D eigenvalue weighted by Gasteiger charge is -2.35. The molecule has 26 heavy (non-hydrogen) atoms. The predicted molar refractivity (Wildman–Crippen MR) is 102 cm³/mol. The number of hydrogen-bond donors (Lipinski definition) is 0. The van der Waals surface area contributed by atoms with Gasteiger partial charge in [0, 0.05) is 31.2 Å². The van der Waals surface area contributed by atoms with Crippen LogP contribution in [-0.4, -0.2) is 60.9 Å². The van der Waals surface area contributed by atoms with E-state index < -0.39 is 0 Å². The van der Waals surface area contributed by atoms with Crippen LogP contribution < -0.4 is 4.90 Å². The fraction of sp³-hybridized carbons (Fsp3) is 0.619. The molecule has 3 heterocycles. The number of rotatable bonds is 3. The van der Waals surface area contributed by atoms with Crippen molar-refractivity contribution in [3.63, 3.8) is 0 Å². The van der Waals surface area contributed by atoms with Gasteiger partial charge in [0.2, 0.25) is 11.8 Å². The topological polar surface area (TPSA) is 43.9 Å². The first kappa shape index (κ1) is 17.5. The number of carbonyl (C=O) groups is 2. The highest BCUT2D eigenvalue weighted by Crippen LogP contribution is 2.27. The minimum atomic E-state index is 0.162. The van der Waals surface area contributed by atoms with E-state index in [9.17, 15) is 9.59 Å². The monoisotopic (exact) mass is 355 g/mol. The summed E-state index contributed by atoms with van der Waals surface area (Å²) in [4.78, 5) is 31.6. The standard InChI is InChI=1S/C21H29N3O2/c25-20(24-13-5-7-17-6-1-2-8-19(17)24)16-22-14-9-18(10-15-22)21(26)23-11-3-4-12-23/h1-2,6,8,18H,3-5,7,9-16H2. The lowest BCUT2D eigenvalue weighted by atomic mass is 9.95. The van der Waals surface area contributed by atoms with E-state index in [1.165, 1.54) is 5.56 Å². The molecule has 0 aromatic heterocycles. The summed E-state index contributed by atoms with van der Waals surface area (Å²) in [5.74, 6) is 0.704. The molecule has 1 aromatic rings. The van der Waals surface area contributed by atoms with Gasteiger partial charge in [0.15, 0.2) is 0 Å². The second kappa shape index (κ2) is 7.78. The quantitative estimate of drug-likeness (QED) is 0.836. The number of hydrogen-bond acceptors (Lipinski definition) is 3. The van der Waals surface area contributed by atoms with Crippen molar-refractivity contribution in [3.8, 4) is 0 Å². The van der Waals surface area contributed by atoms with Gasteiger partial charge in [-0.15, -0.1) is 0 Å². The molecule has 3 aliphatic rings. The van der Waals surface area contributed by atoms with E-state index in [-0.39, 0.29) is 11.8 Å². The molecule has 0 saturated carbocycles. The summed E-state index contributed by atoms with van der Waals surface area (Å²) < 4.78 is 0. The van der Waals surface area contributed by atoms with Crippen molar-refractivity contribution in [3.05, 3.63) is 29.8 Å². The lowest BCUT2D eigenvalue weighted by Crippen LogP contribution is -2.47. The number of likely N-dealkylation sites (tertiary alicyclic amines) is 2. The maximum Gasteiger partial charge on any atom is 0.241 e. The normalized spacial score (nSPS) is 21.7. The van der Waals surface area contributed by atoms with Crippen LogP contribution in [0.1, 0.15) is 37.7 Å². The molecule has 0 unspecified atom stereocenters. The fourth-order valence-corrected chi connectivity index (χ4v) is 4.60. The average Bonchev–Trinajstić information content (AvgIpc) is 3.22. The molecule has 4 rings (SSSR count). The van der Waals surface area contributed by atoms with Gasteiger partial charge in [-0.3, -0.25) is 14.5 Å². The number of amides is 2. The van der Waals surface area contributed by atoms with Gasteiger partial charge in [0.25, 0.3) is 0 Å². The maximum absolute atomic E-state index is 12.9. The van der Waals surface area contributed by atoms with Crippen LogP contribution in [0.15, 0.2) is 24.3 Å². The van der Waals surface area contributed by atoms with E-state index in [4.69, 9.17) is 0 Å². The molecule has 1 aromatic carbocycles. The van der Waals surface area contributed by atoms with Crippen LogP contribution in [0, 0.1) is 5.92 Å². The van der Waals surface area contributed by atoms with Crippen LogP contribution in [0.3, 0.4) is 0 Å². The van der Waals surface area contributed by atoms with Crippen molar-refractivity contribution in [2.24, 2.45) is 5.92 Å². The number of piperidine rings is 1. The second-order valence-corrected chi connectivity index (χ2v) is 7.86. The lowest BCUT2D eigenvalue weighted by molar-refractivity contribution is -0.136. The summed E-state index contributed by atoms with van der Waals surface area (Å²) in [6.07, 6.45) is 6.17. The SMILES string of the molecule is O=C(C1CCN(CC(=O)N2CCCc3ccccc32)CC1)N1CCCC1. The molecule has 2 fully saturated rings. The van der Waals surface area contributed by atoms with Crippen LogP contribution in [0.4, 0.5) is 5.69 Å². The Morgan fingerprint density at radius 1 is 0.923 bits per heavy atom. The molecule has 0 bridgehead atoms. The minimum absolute atomic E-state index is 0.162. The van der Waals surface area contributed by atoms with Crippen LogP contribution in [0.5, 0.6) is 0 Å². The molecule has 5 heteroatoms. The Morgan fingerprint density at radius 2 is 1.65 bits per heavy atom. The van der Waals surface area contributed by atoms with Gasteiger partial charge in [-0.1, -0.05) is 18.2 Å². The molecule has 140 valence electrons. The van der Waals surface area contributed by atoms with Gasteiger partial charge < -0.3 is 9.80 Å². The van der Waals surface area contributed by atoms with Gasteiger partial charge in [0.1, 0.15) is 0 Å². The second-order valence-electron chi connectivity index (χ2n) is 7.86. The first-order valence-electron chi connectivity index (χ1n) is 10.1. The van der Waals surface area contributed by atoms with E-state index in [0.717, 1.165) is 76.9 Å².